The molecule has 0 aliphatic heterocycles. The van der Waals surface area contributed by atoms with Gasteiger partial charge in [-0.3, -0.25) is 0 Å². The van der Waals surface area contributed by atoms with Gasteiger partial charge in [0.25, 0.3) is 0 Å². The van der Waals surface area contributed by atoms with E-state index >= 15 is 0 Å². The van der Waals surface area contributed by atoms with Crippen molar-refractivity contribution in [3.63, 3.8) is 0 Å². The molecule has 0 saturated carbocycles. The highest BCUT2D eigenvalue weighted by Crippen LogP contribution is 2.46. The Morgan fingerprint density at radius 2 is 1.21 bits per heavy atom. The largest absolute Gasteiger partial charge is 0.388 e. The number of hydrogen-bond acceptors (Lipinski definition) is 2. The van der Waals surface area contributed by atoms with Crippen molar-refractivity contribution in [2.45, 2.75) is 103 Å². The Bertz CT molecular complexity index is 556. The number of hydrogen-bond donors (Lipinski definition) is 2. The first-order valence-electron chi connectivity index (χ1n) is 11.6. The minimum atomic E-state index is 0.0400. The summed E-state index contributed by atoms with van der Waals surface area (Å²) in [6.45, 7) is 40.7. The van der Waals surface area contributed by atoms with Crippen LogP contribution >= 0.6 is 0 Å². The Kier molecular flexibility index (Phi) is 9.18. The zero-order valence-electron chi connectivity index (χ0n) is 22.3. The Balaban J connectivity index is 4.95. The predicted octanol–water partition coefficient (Wildman–Crippen LogP) is 7.78. The molecule has 0 fully saturated rings. The van der Waals surface area contributed by atoms with Gasteiger partial charge < -0.3 is 10.6 Å². The summed E-state index contributed by atoms with van der Waals surface area (Å²) in [4.78, 5) is 0. The minimum absolute atomic E-state index is 0.0400. The maximum absolute atomic E-state index is 4.43. The van der Waals surface area contributed by atoms with Crippen LogP contribution in [0.4, 0.5) is 0 Å². The van der Waals surface area contributed by atoms with Crippen molar-refractivity contribution in [1.29, 1.82) is 0 Å². The maximum Gasteiger partial charge on any atom is 0.0198 e. The third kappa shape index (κ3) is 6.79. The lowest BCUT2D eigenvalue weighted by atomic mass is 9.64. The second-order valence-corrected chi connectivity index (χ2v) is 12.7. The molecule has 2 N–H and O–H groups in total. The fourth-order valence-corrected chi connectivity index (χ4v) is 3.30. The van der Waals surface area contributed by atoms with E-state index < -0.39 is 0 Å². The maximum atomic E-state index is 4.43. The average molecular weight is 407 g/mol. The van der Waals surface area contributed by atoms with Crippen molar-refractivity contribution in [2.75, 3.05) is 13.1 Å². The van der Waals surface area contributed by atoms with Crippen LogP contribution in [0.15, 0.2) is 24.6 Å². The molecule has 0 heterocycles. The number of nitrogens with one attached hydrogen (secondary N) is 2. The summed E-state index contributed by atoms with van der Waals surface area (Å²) in [6.07, 6.45) is 2.41. The molecule has 2 heteroatoms. The van der Waals surface area contributed by atoms with Gasteiger partial charge in [-0.15, -0.1) is 0 Å². The molecular weight excluding hydrogens is 352 g/mol. The second kappa shape index (κ2) is 9.48. The summed E-state index contributed by atoms with van der Waals surface area (Å²) >= 11 is 0. The smallest absolute Gasteiger partial charge is 0.0198 e. The monoisotopic (exact) mass is 406 g/mol. The van der Waals surface area contributed by atoms with E-state index in [1.807, 2.05) is 0 Å². The zero-order valence-corrected chi connectivity index (χ0v) is 22.3. The molecule has 29 heavy (non-hydrogen) atoms. The van der Waals surface area contributed by atoms with Crippen LogP contribution in [0, 0.1) is 33.0 Å². The van der Waals surface area contributed by atoms with Crippen LogP contribution in [0.1, 0.15) is 103 Å². The van der Waals surface area contributed by atoms with Crippen molar-refractivity contribution in [1.82, 2.24) is 10.6 Å². The molecule has 0 aliphatic carbocycles. The molecule has 0 bridgehead atoms. The molecule has 0 amide bonds. The molecule has 0 radical (unpaired) electrons. The van der Waals surface area contributed by atoms with E-state index in [0.717, 1.165) is 24.5 Å². The van der Waals surface area contributed by atoms with Crippen molar-refractivity contribution < 1.29 is 0 Å². The van der Waals surface area contributed by atoms with Gasteiger partial charge in [-0.1, -0.05) is 110 Å². The third-order valence-corrected chi connectivity index (χ3v) is 8.66. The Morgan fingerprint density at radius 3 is 1.62 bits per heavy atom. The fourth-order valence-electron chi connectivity index (χ4n) is 3.30. The van der Waals surface area contributed by atoms with E-state index in [9.17, 15) is 0 Å². The molecule has 0 rings (SSSR count). The third-order valence-electron chi connectivity index (χ3n) is 8.66. The topological polar surface area (TPSA) is 24.1 Å². The van der Waals surface area contributed by atoms with E-state index in [2.05, 4.69) is 114 Å². The first-order chi connectivity index (χ1) is 12.7. The van der Waals surface area contributed by atoms with Crippen molar-refractivity contribution in [3.05, 3.63) is 24.6 Å². The van der Waals surface area contributed by atoms with Gasteiger partial charge in [-0.2, -0.15) is 0 Å². The van der Waals surface area contributed by atoms with Crippen molar-refractivity contribution in [3.8, 4) is 0 Å². The Morgan fingerprint density at radius 1 is 0.759 bits per heavy atom. The molecule has 0 aromatic heterocycles. The molecule has 0 saturated heterocycles. The summed E-state index contributed by atoms with van der Waals surface area (Å²) in [5.41, 5.74) is 2.91. The van der Waals surface area contributed by atoms with Gasteiger partial charge in [0.2, 0.25) is 0 Å². The molecule has 0 aliphatic rings. The predicted molar refractivity (Wildman–Crippen MR) is 133 cm³/mol. The summed E-state index contributed by atoms with van der Waals surface area (Å²) in [7, 11) is 0. The average Bonchev–Trinajstić information content (AvgIpc) is 2.55. The highest BCUT2D eigenvalue weighted by atomic mass is 14.9. The highest BCUT2D eigenvalue weighted by Gasteiger charge is 2.39. The molecule has 0 aromatic carbocycles. The first kappa shape index (κ1) is 28.1. The molecule has 1 atom stereocenters. The SMILES string of the molecule is C=C(NCC(C)C(C)(C)CNC(=C)C(C)(C)C(C)(C)CCC)C(C)(C)C(C)(C)C. The van der Waals surface area contributed by atoms with Gasteiger partial charge in [0, 0.05) is 35.3 Å². The lowest BCUT2D eigenvalue weighted by molar-refractivity contribution is 0.122. The molecule has 2 nitrogen and oxygen atoms in total. The van der Waals surface area contributed by atoms with Gasteiger partial charge >= 0.3 is 0 Å². The normalized spacial score (nSPS) is 15.1. The van der Waals surface area contributed by atoms with E-state index in [1.54, 1.807) is 0 Å². The first-order valence-corrected chi connectivity index (χ1v) is 11.6. The van der Waals surface area contributed by atoms with Crippen LogP contribution in [-0.4, -0.2) is 13.1 Å². The van der Waals surface area contributed by atoms with Crippen molar-refractivity contribution >= 4 is 0 Å². The number of rotatable bonds is 12. The summed E-state index contributed by atoms with van der Waals surface area (Å²) in [6, 6.07) is 0. The highest BCUT2D eigenvalue weighted by molar-refractivity contribution is 5.12. The Labute approximate surface area is 184 Å². The lowest BCUT2D eigenvalue weighted by Gasteiger charge is -2.45. The molecule has 0 spiro atoms. The van der Waals surface area contributed by atoms with E-state index in [1.165, 1.54) is 12.8 Å². The van der Waals surface area contributed by atoms with Crippen LogP contribution in [0.25, 0.3) is 0 Å². The fraction of sp³-hybridized carbons (Fsp3) is 0.852. The molecule has 1 unspecified atom stereocenters. The van der Waals surface area contributed by atoms with Crippen molar-refractivity contribution in [2.24, 2.45) is 33.0 Å². The molecular formula is C27H54N2. The molecule has 0 aromatic rings. The van der Waals surface area contributed by atoms with Gasteiger partial charge in [-0.05, 0) is 28.6 Å². The molecule has 172 valence electrons. The van der Waals surface area contributed by atoms with Gasteiger partial charge in [0.1, 0.15) is 0 Å². The van der Waals surface area contributed by atoms with Gasteiger partial charge in [0.15, 0.2) is 0 Å². The van der Waals surface area contributed by atoms with Crippen LogP contribution < -0.4 is 10.6 Å². The number of allylic oxidation sites excluding steroid dienone is 2. The summed E-state index contributed by atoms with van der Waals surface area (Å²) in [5, 5.41) is 7.36. The quantitative estimate of drug-likeness (QED) is 0.346. The minimum Gasteiger partial charge on any atom is -0.388 e. The lowest BCUT2D eigenvalue weighted by Crippen LogP contribution is -2.45. The standard InChI is InChI=1S/C27H54N2/c1-16-17-25(10,11)27(14,15)22(4)29-19-24(8,9)20(2)18-28-21(3)26(12,13)23(5,6)7/h20,28-29H,3-4,16-19H2,1-2,5-15H3. The summed E-state index contributed by atoms with van der Waals surface area (Å²) < 4.78 is 0. The van der Waals surface area contributed by atoms with Gasteiger partial charge in [0.05, 0.1) is 0 Å². The van der Waals surface area contributed by atoms with Crippen LogP contribution in [0.3, 0.4) is 0 Å². The van der Waals surface area contributed by atoms with E-state index in [-0.39, 0.29) is 27.1 Å². The van der Waals surface area contributed by atoms with Gasteiger partial charge in [-0.25, -0.2) is 0 Å². The van der Waals surface area contributed by atoms with Crippen LogP contribution in [-0.2, 0) is 0 Å². The van der Waals surface area contributed by atoms with E-state index in [4.69, 9.17) is 0 Å². The van der Waals surface area contributed by atoms with E-state index in [0.29, 0.717) is 5.92 Å². The second-order valence-electron chi connectivity index (χ2n) is 12.7. The van der Waals surface area contributed by atoms with Crippen LogP contribution in [0.5, 0.6) is 0 Å². The summed E-state index contributed by atoms with van der Waals surface area (Å²) in [5.74, 6) is 0.502. The zero-order chi connectivity index (χ0) is 23.5. The van der Waals surface area contributed by atoms with Crippen LogP contribution in [0.2, 0.25) is 0 Å². The Hall–Kier alpha value is -0.920.